The fourth-order valence-electron chi connectivity index (χ4n) is 4.55. The highest BCUT2D eigenvalue weighted by molar-refractivity contribution is 8.07. The molecule has 19 heteroatoms. The Kier molecular flexibility index (Phi) is 7.93. The van der Waals surface area contributed by atoms with Crippen molar-refractivity contribution in [2.75, 3.05) is 26.1 Å². The largest absolute Gasteiger partial charge is 0.394 e. The Balaban J connectivity index is 1.26. The van der Waals surface area contributed by atoms with Crippen LogP contribution in [0.2, 0.25) is 0 Å². The van der Waals surface area contributed by atoms with Crippen LogP contribution in [0.15, 0.2) is 34.5 Å². The van der Waals surface area contributed by atoms with E-state index in [0.29, 0.717) is 11.2 Å². The number of fused-ring (bicyclic) bond motifs is 1. The van der Waals surface area contributed by atoms with E-state index in [-0.39, 0.29) is 18.8 Å². The van der Waals surface area contributed by atoms with Crippen LogP contribution >= 0.6 is 6.72 Å². The molecule has 39 heavy (non-hydrogen) atoms. The number of nitrogens with zero attached hydrogens (tertiary/aromatic N) is 5. The summed E-state index contributed by atoms with van der Waals surface area (Å²) in [4.78, 5) is 48.9. The number of aromatic amines is 1. The van der Waals surface area contributed by atoms with E-state index in [2.05, 4.69) is 19.9 Å². The van der Waals surface area contributed by atoms with Crippen molar-refractivity contribution in [3.8, 4) is 0 Å². The molecule has 5 rings (SSSR count). The molecule has 2 aliphatic rings. The number of ether oxygens (including phenoxy) is 3. The third-order valence-electron chi connectivity index (χ3n) is 6.42. The summed E-state index contributed by atoms with van der Waals surface area (Å²) in [5.41, 5.74) is 5.27. The van der Waals surface area contributed by atoms with E-state index in [1.165, 1.54) is 26.0 Å². The quantitative estimate of drug-likeness (QED) is 0.173. The number of imidazole rings is 1. The lowest BCUT2D eigenvalue weighted by Gasteiger charge is -2.27. The van der Waals surface area contributed by atoms with E-state index in [0.717, 1.165) is 10.6 Å². The third kappa shape index (κ3) is 5.53. The van der Waals surface area contributed by atoms with Gasteiger partial charge in [-0.2, -0.15) is 0 Å². The van der Waals surface area contributed by atoms with E-state index >= 15 is 0 Å². The number of aliphatic hydroxyl groups is 2. The summed E-state index contributed by atoms with van der Waals surface area (Å²) >= 11 is 5.17. The first kappa shape index (κ1) is 27.9. The summed E-state index contributed by atoms with van der Waals surface area (Å²) < 4.78 is 30.9. The second kappa shape index (κ2) is 11.1. The lowest BCUT2D eigenvalue weighted by Crippen LogP contribution is -2.40. The van der Waals surface area contributed by atoms with Gasteiger partial charge in [0.2, 0.25) is 0 Å². The van der Waals surface area contributed by atoms with Gasteiger partial charge in [-0.1, -0.05) is 0 Å². The van der Waals surface area contributed by atoms with Crippen molar-refractivity contribution in [2.45, 2.75) is 49.4 Å². The normalized spacial score (nSPS) is 30.6. The van der Waals surface area contributed by atoms with Gasteiger partial charge in [-0.15, -0.1) is 0 Å². The number of rotatable bonds is 9. The molecular weight excluding hydrogens is 561 g/mol. The fraction of sp³-hybridized carbons (Fsp3) is 0.550. The van der Waals surface area contributed by atoms with E-state index in [1.54, 1.807) is 4.57 Å². The Hall–Kier alpha value is -2.64. The second-order valence-corrected chi connectivity index (χ2v) is 11.6. The molecule has 5 heterocycles. The zero-order chi connectivity index (χ0) is 27.9. The van der Waals surface area contributed by atoms with E-state index < -0.39 is 67.6 Å². The maximum absolute atomic E-state index is 12.3. The average molecular weight is 588 g/mol. The van der Waals surface area contributed by atoms with E-state index in [9.17, 15) is 24.7 Å². The number of H-pyrrole nitrogens is 1. The fourth-order valence-corrected chi connectivity index (χ4v) is 5.99. The van der Waals surface area contributed by atoms with Crippen molar-refractivity contribution in [2.24, 2.45) is 0 Å². The van der Waals surface area contributed by atoms with Gasteiger partial charge in [0.25, 0.3) is 5.56 Å². The molecule has 0 aliphatic carbocycles. The van der Waals surface area contributed by atoms with Gasteiger partial charge in [-0.25, -0.2) is 19.7 Å². The predicted octanol–water partition coefficient (Wildman–Crippen LogP) is -1.87. The Morgan fingerprint density at radius 1 is 1.23 bits per heavy atom. The number of anilines is 1. The van der Waals surface area contributed by atoms with Gasteiger partial charge in [0.15, 0.2) is 17.7 Å². The standard InChI is InChI=1S/C20H26N7O10PS/c1-33-16-15(10(5-28)36-19(16)26-3-2-12(30)25-20(26)31)37-38(32,39)34-6-11-9(29)4-13(35-11)27-8-24-14-17(21)22-7-23-18(14)27/h2-3,7-11,13,15-16,19,28-29H,4-6H2,1H3,(H,32,39)(H2,21,22,23)(H,25,30,31)/t9-,10-,11-,13-,15+,16+,19?,38?/m1/s1. The average Bonchev–Trinajstić information content (AvgIpc) is 3.58. The molecule has 0 radical (unpaired) electrons. The number of aromatic nitrogens is 6. The molecule has 2 aliphatic heterocycles. The Morgan fingerprint density at radius 3 is 2.74 bits per heavy atom. The molecular formula is C20H26N7O10PS. The van der Waals surface area contributed by atoms with Crippen LogP contribution in [-0.4, -0.2) is 95.0 Å². The van der Waals surface area contributed by atoms with Crippen molar-refractivity contribution >= 4 is 35.5 Å². The molecule has 212 valence electrons. The summed E-state index contributed by atoms with van der Waals surface area (Å²) in [6, 6.07) is 1.12. The van der Waals surface area contributed by atoms with E-state index in [4.69, 9.17) is 40.8 Å². The molecule has 0 saturated carbocycles. The number of hydrogen-bond donors (Lipinski definition) is 5. The first-order chi connectivity index (χ1) is 18.6. The Morgan fingerprint density at radius 2 is 2.03 bits per heavy atom. The molecule has 0 bridgehead atoms. The van der Waals surface area contributed by atoms with Crippen LogP contribution < -0.4 is 17.0 Å². The lowest BCUT2D eigenvalue weighted by molar-refractivity contribution is -0.0625. The summed E-state index contributed by atoms with van der Waals surface area (Å²) in [6.45, 7) is -4.90. The van der Waals surface area contributed by atoms with Crippen LogP contribution in [-0.2, 0) is 35.1 Å². The molecule has 17 nitrogen and oxygen atoms in total. The van der Waals surface area contributed by atoms with Crippen LogP contribution in [0.4, 0.5) is 5.82 Å². The lowest BCUT2D eigenvalue weighted by atomic mass is 10.1. The van der Waals surface area contributed by atoms with Gasteiger partial charge in [0, 0.05) is 25.8 Å². The molecule has 6 N–H and O–H groups in total. The van der Waals surface area contributed by atoms with Gasteiger partial charge < -0.3 is 39.6 Å². The molecule has 3 aromatic rings. The highest BCUT2D eigenvalue weighted by atomic mass is 32.5. The monoisotopic (exact) mass is 587 g/mol. The number of methoxy groups -OCH3 is 1. The molecule has 8 atom stereocenters. The number of nitrogens with two attached hydrogens (primary N) is 1. The number of aliphatic hydroxyl groups excluding tert-OH is 2. The maximum atomic E-state index is 12.3. The molecule has 0 spiro atoms. The first-order valence-corrected chi connectivity index (χ1v) is 14.2. The highest BCUT2D eigenvalue weighted by Crippen LogP contribution is 2.49. The smallest absolute Gasteiger partial charge is 0.330 e. The molecule has 0 amide bonds. The minimum absolute atomic E-state index is 0.170. The predicted molar refractivity (Wildman–Crippen MR) is 135 cm³/mol. The maximum Gasteiger partial charge on any atom is 0.330 e. The van der Waals surface area contributed by atoms with Gasteiger partial charge in [-0.05, 0) is 11.8 Å². The SMILES string of the molecule is CO[C@@H]1C(n2ccc(=O)[nH]c2=O)O[C@H](CO)[C@@H]1OP(O)(=S)OC[C@H]1O[C@@H](n2cnc3c(N)ncnc32)C[C@H]1O. The van der Waals surface area contributed by atoms with Crippen molar-refractivity contribution in [1.82, 2.24) is 29.1 Å². The Labute approximate surface area is 224 Å². The van der Waals surface area contributed by atoms with Crippen LogP contribution in [0, 0.1) is 0 Å². The van der Waals surface area contributed by atoms with E-state index in [1.807, 2.05) is 0 Å². The molecule has 2 fully saturated rings. The van der Waals surface area contributed by atoms with Crippen LogP contribution in [0.5, 0.6) is 0 Å². The summed E-state index contributed by atoms with van der Waals surface area (Å²) in [7, 11) is 1.32. The van der Waals surface area contributed by atoms with Crippen molar-refractivity contribution in [1.29, 1.82) is 0 Å². The molecule has 0 aromatic carbocycles. The summed E-state index contributed by atoms with van der Waals surface area (Å²) in [5.74, 6) is 0.203. The minimum atomic E-state index is -4.02. The number of nitrogens with one attached hydrogen (secondary N) is 1. The third-order valence-corrected chi connectivity index (χ3v) is 7.98. The van der Waals surface area contributed by atoms with Crippen molar-refractivity contribution in [3.05, 3.63) is 45.8 Å². The van der Waals surface area contributed by atoms with Crippen molar-refractivity contribution in [3.63, 3.8) is 0 Å². The molecule has 2 saturated heterocycles. The zero-order valence-electron chi connectivity index (χ0n) is 20.3. The highest BCUT2D eigenvalue weighted by Gasteiger charge is 2.49. The van der Waals surface area contributed by atoms with Gasteiger partial charge in [0.05, 0.1) is 25.6 Å². The van der Waals surface area contributed by atoms with Gasteiger partial charge in [-0.3, -0.25) is 23.4 Å². The van der Waals surface area contributed by atoms with Gasteiger partial charge in [0.1, 0.15) is 42.5 Å². The second-order valence-electron chi connectivity index (χ2n) is 8.81. The van der Waals surface area contributed by atoms with Crippen LogP contribution in [0.1, 0.15) is 18.9 Å². The minimum Gasteiger partial charge on any atom is -0.394 e. The topological polar surface area (TPSA) is 231 Å². The van der Waals surface area contributed by atoms with Crippen LogP contribution in [0.25, 0.3) is 11.2 Å². The first-order valence-electron chi connectivity index (χ1n) is 11.6. The van der Waals surface area contributed by atoms with Gasteiger partial charge >= 0.3 is 12.4 Å². The molecule has 3 aromatic heterocycles. The van der Waals surface area contributed by atoms with Crippen LogP contribution in [0.3, 0.4) is 0 Å². The zero-order valence-corrected chi connectivity index (χ0v) is 22.1. The number of nitrogen functional groups attached to an aromatic ring is 1. The molecule has 2 unspecified atom stereocenters. The summed E-state index contributed by atoms with van der Waals surface area (Å²) in [5, 5.41) is 20.4. The number of hydrogen-bond acceptors (Lipinski definition) is 14. The van der Waals surface area contributed by atoms with Crippen molar-refractivity contribution < 1.29 is 38.4 Å². The summed E-state index contributed by atoms with van der Waals surface area (Å²) in [6.07, 6.45) is -2.72. The Bertz CT molecular complexity index is 1500.